The first-order valence-electron chi connectivity index (χ1n) is 6.98. The van der Waals surface area contributed by atoms with Crippen LogP contribution >= 0.6 is 0 Å². The normalized spacial score (nSPS) is 18.0. The summed E-state index contributed by atoms with van der Waals surface area (Å²) in [5, 5.41) is 0. The Morgan fingerprint density at radius 1 is 1.21 bits per heavy atom. The zero-order chi connectivity index (χ0) is 14.3. The number of piperazine rings is 1. The van der Waals surface area contributed by atoms with Crippen LogP contribution in [-0.2, 0) is 4.74 Å². The Hall–Kier alpha value is -1.07. The summed E-state index contributed by atoms with van der Waals surface area (Å²) < 4.78 is 5.37. The third-order valence-corrected chi connectivity index (χ3v) is 2.94. The number of carbonyl (C=O) groups is 1. The van der Waals surface area contributed by atoms with Gasteiger partial charge in [-0.2, -0.15) is 0 Å². The molecule has 0 aliphatic carbocycles. The highest BCUT2D eigenvalue weighted by atomic mass is 16.6. The van der Waals surface area contributed by atoms with Crippen molar-refractivity contribution in [2.24, 2.45) is 5.73 Å². The Kier molecular flexibility index (Phi) is 6.31. The lowest BCUT2D eigenvalue weighted by atomic mass is 10.2. The first kappa shape index (κ1) is 16.0. The SMILES string of the molecule is CC(C)(C)OC(=O)N1CCN(CC/C=C/CN)CC1. The Morgan fingerprint density at radius 3 is 2.37 bits per heavy atom. The van der Waals surface area contributed by atoms with Gasteiger partial charge in [-0.15, -0.1) is 0 Å². The van der Waals surface area contributed by atoms with Gasteiger partial charge in [-0.25, -0.2) is 4.79 Å². The van der Waals surface area contributed by atoms with Gasteiger partial charge >= 0.3 is 6.09 Å². The molecule has 5 nitrogen and oxygen atoms in total. The van der Waals surface area contributed by atoms with Crippen LogP contribution in [0.5, 0.6) is 0 Å². The Balaban J connectivity index is 2.25. The van der Waals surface area contributed by atoms with E-state index in [0.29, 0.717) is 6.54 Å². The molecular formula is C14H27N3O2. The van der Waals surface area contributed by atoms with Gasteiger partial charge in [0.05, 0.1) is 0 Å². The highest BCUT2D eigenvalue weighted by molar-refractivity contribution is 5.68. The van der Waals surface area contributed by atoms with E-state index in [4.69, 9.17) is 10.5 Å². The zero-order valence-corrected chi connectivity index (χ0v) is 12.4. The molecule has 1 heterocycles. The van der Waals surface area contributed by atoms with E-state index in [1.807, 2.05) is 26.8 Å². The molecule has 19 heavy (non-hydrogen) atoms. The van der Waals surface area contributed by atoms with E-state index in [1.54, 1.807) is 4.90 Å². The first-order chi connectivity index (χ1) is 8.92. The molecule has 0 atom stereocenters. The minimum atomic E-state index is -0.415. The number of nitrogens with two attached hydrogens (primary N) is 1. The Morgan fingerprint density at radius 2 is 1.84 bits per heavy atom. The maximum Gasteiger partial charge on any atom is 0.410 e. The van der Waals surface area contributed by atoms with Crippen LogP contribution < -0.4 is 5.73 Å². The van der Waals surface area contributed by atoms with E-state index >= 15 is 0 Å². The minimum Gasteiger partial charge on any atom is -0.444 e. The number of nitrogens with zero attached hydrogens (tertiary/aromatic N) is 2. The van der Waals surface area contributed by atoms with E-state index in [-0.39, 0.29) is 6.09 Å². The molecule has 0 spiro atoms. The first-order valence-corrected chi connectivity index (χ1v) is 6.98. The fraction of sp³-hybridized carbons (Fsp3) is 0.786. The van der Waals surface area contributed by atoms with Crippen LogP contribution in [0.4, 0.5) is 4.79 Å². The van der Waals surface area contributed by atoms with Crippen molar-refractivity contribution in [2.75, 3.05) is 39.3 Å². The molecule has 2 N–H and O–H groups in total. The minimum absolute atomic E-state index is 0.199. The average molecular weight is 269 g/mol. The lowest BCUT2D eigenvalue weighted by molar-refractivity contribution is 0.0146. The lowest BCUT2D eigenvalue weighted by Crippen LogP contribution is -2.50. The van der Waals surface area contributed by atoms with Gasteiger partial charge in [-0.05, 0) is 27.2 Å². The molecule has 5 heteroatoms. The van der Waals surface area contributed by atoms with Crippen molar-refractivity contribution in [3.05, 3.63) is 12.2 Å². The molecule has 1 aliphatic rings. The topological polar surface area (TPSA) is 58.8 Å². The van der Waals surface area contributed by atoms with E-state index < -0.39 is 5.60 Å². The maximum atomic E-state index is 11.9. The molecule has 1 aliphatic heterocycles. The quantitative estimate of drug-likeness (QED) is 0.785. The largest absolute Gasteiger partial charge is 0.444 e. The summed E-state index contributed by atoms with van der Waals surface area (Å²) in [4.78, 5) is 16.0. The second-order valence-corrected chi connectivity index (χ2v) is 5.80. The fourth-order valence-electron chi connectivity index (χ4n) is 1.95. The summed E-state index contributed by atoms with van der Waals surface area (Å²) in [5.74, 6) is 0. The molecule has 0 unspecified atom stereocenters. The summed E-state index contributed by atoms with van der Waals surface area (Å²) >= 11 is 0. The van der Waals surface area contributed by atoms with Gasteiger partial charge in [0, 0.05) is 39.3 Å². The molecule has 1 amide bonds. The van der Waals surface area contributed by atoms with Gasteiger partial charge in [-0.3, -0.25) is 4.90 Å². The third kappa shape index (κ3) is 6.59. The van der Waals surface area contributed by atoms with Crippen LogP contribution in [0.2, 0.25) is 0 Å². The molecule has 0 saturated carbocycles. The number of ether oxygens (including phenoxy) is 1. The summed E-state index contributed by atoms with van der Waals surface area (Å²) in [6.45, 7) is 10.6. The van der Waals surface area contributed by atoms with Crippen molar-refractivity contribution < 1.29 is 9.53 Å². The fourth-order valence-corrected chi connectivity index (χ4v) is 1.95. The van der Waals surface area contributed by atoms with Crippen molar-refractivity contribution in [1.82, 2.24) is 9.80 Å². The molecule has 1 saturated heterocycles. The monoisotopic (exact) mass is 269 g/mol. The number of rotatable bonds is 4. The van der Waals surface area contributed by atoms with Crippen LogP contribution in [0.1, 0.15) is 27.2 Å². The summed E-state index contributed by atoms with van der Waals surface area (Å²) in [7, 11) is 0. The summed E-state index contributed by atoms with van der Waals surface area (Å²) in [5.41, 5.74) is 4.98. The van der Waals surface area contributed by atoms with E-state index in [2.05, 4.69) is 11.0 Å². The van der Waals surface area contributed by atoms with Crippen molar-refractivity contribution in [3.8, 4) is 0 Å². The highest BCUT2D eigenvalue weighted by Crippen LogP contribution is 2.11. The summed E-state index contributed by atoms with van der Waals surface area (Å²) in [6.07, 6.45) is 4.91. The number of hydrogen-bond donors (Lipinski definition) is 1. The average Bonchev–Trinajstić information content (AvgIpc) is 2.33. The van der Waals surface area contributed by atoms with Gasteiger partial charge in [-0.1, -0.05) is 12.2 Å². The second kappa shape index (κ2) is 7.50. The van der Waals surface area contributed by atoms with Crippen molar-refractivity contribution in [2.45, 2.75) is 32.8 Å². The highest BCUT2D eigenvalue weighted by Gasteiger charge is 2.25. The van der Waals surface area contributed by atoms with E-state index in [1.165, 1.54) is 0 Å². The molecular weight excluding hydrogens is 242 g/mol. The van der Waals surface area contributed by atoms with Gasteiger partial charge in [0.15, 0.2) is 0 Å². The Bertz CT molecular complexity index is 302. The molecule has 0 aromatic carbocycles. The van der Waals surface area contributed by atoms with Gasteiger partial charge in [0.25, 0.3) is 0 Å². The van der Waals surface area contributed by atoms with Crippen LogP contribution in [0.25, 0.3) is 0 Å². The lowest BCUT2D eigenvalue weighted by Gasteiger charge is -2.35. The molecule has 0 bridgehead atoms. The number of carbonyl (C=O) groups excluding carboxylic acids is 1. The van der Waals surface area contributed by atoms with Gasteiger partial charge in [0.1, 0.15) is 5.60 Å². The molecule has 1 fully saturated rings. The smallest absolute Gasteiger partial charge is 0.410 e. The summed E-state index contributed by atoms with van der Waals surface area (Å²) in [6, 6.07) is 0. The predicted octanol–water partition coefficient (Wildman–Crippen LogP) is 1.44. The van der Waals surface area contributed by atoms with Crippen molar-refractivity contribution in [1.29, 1.82) is 0 Å². The van der Waals surface area contributed by atoms with E-state index in [0.717, 1.165) is 39.1 Å². The van der Waals surface area contributed by atoms with Crippen LogP contribution in [0.15, 0.2) is 12.2 Å². The Labute approximate surface area is 116 Å². The molecule has 0 aromatic rings. The van der Waals surface area contributed by atoms with Gasteiger partial charge < -0.3 is 15.4 Å². The number of hydrogen-bond acceptors (Lipinski definition) is 4. The second-order valence-electron chi connectivity index (χ2n) is 5.80. The zero-order valence-electron chi connectivity index (χ0n) is 12.4. The van der Waals surface area contributed by atoms with Crippen molar-refractivity contribution in [3.63, 3.8) is 0 Å². The molecule has 0 aromatic heterocycles. The molecule has 110 valence electrons. The predicted molar refractivity (Wildman–Crippen MR) is 77.1 cm³/mol. The standard InChI is InChI=1S/C14H27N3O2/c1-14(2,3)19-13(18)17-11-9-16(10-12-17)8-6-4-5-7-15/h4-5H,6-12,15H2,1-3H3/b5-4+. The maximum absolute atomic E-state index is 11.9. The number of amides is 1. The van der Waals surface area contributed by atoms with Crippen LogP contribution in [0.3, 0.4) is 0 Å². The van der Waals surface area contributed by atoms with Crippen LogP contribution in [-0.4, -0.2) is 60.8 Å². The van der Waals surface area contributed by atoms with E-state index in [9.17, 15) is 4.79 Å². The van der Waals surface area contributed by atoms with Crippen LogP contribution in [0, 0.1) is 0 Å². The molecule has 0 radical (unpaired) electrons. The van der Waals surface area contributed by atoms with Crippen molar-refractivity contribution >= 4 is 6.09 Å². The van der Waals surface area contributed by atoms with Gasteiger partial charge in [0.2, 0.25) is 0 Å². The molecule has 1 rings (SSSR count). The third-order valence-electron chi connectivity index (χ3n) is 2.94.